The van der Waals surface area contributed by atoms with E-state index in [9.17, 15) is 19.5 Å². The summed E-state index contributed by atoms with van der Waals surface area (Å²) in [5.74, 6) is -1.27. The maximum atomic E-state index is 13.9. The Kier molecular flexibility index (Phi) is 8.50. The van der Waals surface area contributed by atoms with Crippen LogP contribution in [0.4, 0.5) is 5.69 Å². The molecule has 180 valence electrons. The molecule has 8 heteroatoms. The summed E-state index contributed by atoms with van der Waals surface area (Å²) in [5.41, 5.74) is -0.00380. The molecule has 0 spiro atoms. The van der Waals surface area contributed by atoms with Gasteiger partial charge in [-0.2, -0.15) is 0 Å². The van der Waals surface area contributed by atoms with Gasteiger partial charge in [0.2, 0.25) is 11.8 Å². The molecule has 1 aliphatic rings. The minimum Gasteiger partial charge on any atom is -0.477 e. The van der Waals surface area contributed by atoms with Crippen molar-refractivity contribution in [1.29, 1.82) is 0 Å². The van der Waals surface area contributed by atoms with Crippen LogP contribution in [0.15, 0.2) is 6.07 Å². The topological polar surface area (TPSA) is 87.2 Å². The zero-order valence-corrected chi connectivity index (χ0v) is 21.4. The summed E-state index contributed by atoms with van der Waals surface area (Å²) in [5, 5.41) is 9.99. The molecule has 0 unspecified atom stereocenters. The van der Waals surface area contributed by atoms with E-state index >= 15 is 0 Å². The van der Waals surface area contributed by atoms with Crippen molar-refractivity contribution in [3.63, 3.8) is 0 Å². The number of hydrogen-bond acceptors (Lipinski definition) is 5. The highest BCUT2D eigenvalue weighted by Crippen LogP contribution is 2.40. The van der Waals surface area contributed by atoms with Gasteiger partial charge >= 0.3 is 5.97 Å². The van der Waals surface area contributed by atoms with Crippen LogP contribution < -0.4 is 4.90 Å². The van der Waals surface area contributed by atoms with E-state index in [1.54, 1.807) is 27.1 Å². The molecule has 1 aromatic heterocycles. The normalized spacial score (nSPS) is 21.0. The Labute approximate surface area is 195 Å². The number of ether oxygens (including phenoxy) is 1. The van der Waals surface area contributed by atoms with Crippen LogP contribution >= 0.6 is 11.3 Å². The van der Waals surface area contributed by atoms with Crippen LogP contribution in [-0.4, -0.2) is 61.1 Å². The Bertz CT molecular complexity index is 834. The van der Waals surface area contributed by atoms with Crippen LogP contribution in [-0.2, 0) is 19.7 Å². The van der Waals surface area contributed by atoms with Gasteiger partial charge < -0.3 is 14.7 Å². The van der Waals surface area contributed by atoms with E-state index in [2.05, 4.69) is 6.92 Å². The third-order valence-corrected chi connectivity index (χ3v) is 7.83. The number of aromatic carboxylic acids is 1. The highest BCUT2D eigenvalue weighted by molar-refractivity contribution is 7.14. The molecule has 2 atom stereocenters. The van der Waals surface area contributed by atoms with Gasteiger partial charge in [0, 0.05) is 32.0 Å². The summed E-state index contributed by atoms with van der Waals surface area (Å²) in [4.78, 5) is 43.2. The van der Waals surface area contributed by atoms with Crippen LogP contribution in [0.5, 0.6) is 0 Å². The summed E-state index contributed by atoms with van der Waals surface area (Å²) < 4.78 is 5.53. The van der Waals surface area contributed by atoms with Gasteiger partial charge in [-0.3, -0.25) is 14.5 Å². The molecule has 1 aromatic rings. The number of nitrogens with zero attached hydrogens (tertiary/aromatic N) is 2. The zero-order valence-electron chi connectivity index (χ0n) is 20.6. The minimum atomic E-state index is -1.10. The second kappa shape index (κ2) is 10.3. The predicted octanol–water partition coefficient (Wildman–Crippen LogP) is 4.39. The molecule has 2 amide bonds. The van der Waals surface area contributed by atoms with Gasteiger partial charge in [-0.05, 0) is 50.0 Å². The molecule has 0 bridgehead atoms. The molecule has 0 saturated heterocycles. The van der Waals surface area contributed by atoms with E-state index < -0.39 is 18.1 Å². The number of carbonyl (C=O) groups is 3. The first-order chi connectivity index (χ1) is 14.8. The molecule has 1 heterocycles. The molecule has 2 rings (SSSR count). The monoisotopic (exact) mass is 466 g/mol. The number of carbonyl (C=O) groups excluding carboxylic acids is 2. The van der Waals surface area contributed by atoms with Gasteiger partial charge in [0.05, 0.1) is 11.8 Å². The maximum Gasteiger partial charge on any atom is 0.348 e. The Hall–Kier alpha value is -1.93. The summed E-state index contributed by atoms with van der Waals surface area (Å²) in [7, 11) is 4.77. The van der Waals surface area contributed by atoms with Crippen LogP contribution in [0.3, 0.4) is 0 Å². The van der Waals surface area contributed by atoms with Crippen molar-refractivity contribution < 1.29 is 24.2 Å². The summed E-state index contributed by atoms with van der Waals surface area (Å²) in [6.07, 6.45) is 2.74. The summed E-state index contributed by atoms with van der Waals surface area (Å²) >= 11 is 1.17. The lowest BCUT2D eigenvalue weighted by Crippen LogP contribution is -2.57. The van der Waals surface area contributed by atoms with Gasteiger partial charge in [0.25, 0.3) is 0 Å². The predicted molar refractivity (Wildman–Crippen MR) is 128 cm³/mol. The quantitative estimate of drug-likeness (QED) is 0.644. The van der Waals surface area contributed by atoms with Crippen molar-refractivity contribution in [3.05, 3.63) is 15.8 Å². The fraction of sp³-hybridized carbons (Fsp3) is 0.708. The fourth-order valence-electron chi connectivity index (χ4n) is 4.11. The zero-order chi connectivity index (χ0) is 24.4. The Morgan fingerprint density at radius 1 is 1.16 bits per heavy atom. The number of carboxylic acids is 1. The number of hydrogen-bond donors (Lipinski definition) is 1. The van der Waals surface area contributed by atoms with E-state index in [0.29, 0.717) is 11.6 Å². The number of methoxy groups -OCH3 is 1. The van der Waals surface area contributed by atoms with Gasteiger partial charge in [-0.25, -0.2) is 4.79 Å². The lowest BCUT2D eigenvalue weighted by molar-refractivity contribution is -0.136. The Morgan fingerprint density at radius 3 is 2.16 bits per heavy atom. The average Bonchev–Trinajstić information content (AvgIpc) is 3.16. The van der Waals surface area contributed by atoms with Crippen LogP contribution in [0.25, 0.3) is 0 Å². The first kappa shape index (κ1) is 26.3. The molecular weight excluding hydrogens is 428 g/mol. The Morgan fingerprint density at radius 2 is 1.72 bits per heavy atom. The first-order valence-corrected chi connectivity index (χ1v) is 12.1. The average molecular weight is 467 g/mol. The van der Waals surface area contributed by atoms with Crippen molar-refractivity contribution in [3.8, 4) is 0 Å². The third-order valence-electron chi connectivity index (χ3n) is 6.30. The van der Waals surface area contributed by atoms with Crippen LogP contribution in [0.1, 0.15) is 74.9 Å². The van der Waals surface area contributed by atoms with Crippen molar-refractivity contribution in [1.82, 2.24) is 4.90 Å². The van der Waals surface area contributed by atoms with Gasteiger partial charge in [-0.15, -0.1) is 11.3 Å². The number of rotatable bonds is 7. The molecule has 1 N–H and O–H groups in total. The molecule has 1 saturated carbocycles. The molecule has 0 aromatic carbocycles. The van der Waals surface area contributed by atoms with E-state index in [4.69, 9.17) is 4.74 Å². The number of likely N-dealkylation sites (N-methyl/N-ethyl adjacent to an activating group) is 1. The van der Waals surface area contributed by atoms with Gasteiger partial charge in [0.15, 0.2) is 0 Å². The summed E-state index contributed by atoms with van der Waals surface area (Å²) in [6, 6.07) is 0.817. The lowest BCUT2D eigenvalue weighted by atomic mass is 9.82. The second-order valence-electron chi connectivity index (χ2n) is 10.2. The first-order valence-electron chi connectivity index (χ1n) is 11.2. The molecule has 32 heavy (non-hydrogen) atoms. The Balaban J connectivity index is 2.70. The molecule has 0 aliphatic heterocycles. The number of anilines is 1. The van der Waals surface area contributed by atoms with Gasteiger partial charge in [-0.1, -0.05) is 27.7 Å². The molecule has 0 radical (unpaired) electrons. The van der Waals surface area contributed by atoms with E-state index in [1.807, 2.05) is 20.8 Å². The SMILES string of the molecule is CO[C@H](C)[C@@H](C(=O)N(C)C)N(c1cc(C(C)(C)C)sc1C(=O)O)C(=O)[C@H]1CC[C@H](C)CC1. The highest BCUT2D eigenvalue weighted by Gasteiger charge is 2.42. The van der Waals surface area contributed by atoms with Crippen LogP contribution in [0, 0.1) is 11.8 Å². The highest BCUT2D eigenvalue weighted by atomic mass is 32.1. The standard InChI is InChI=1S/C24H38N2O5S/c1-14-9-11-16(12-10-14)21(27)26(19(15(2)31-8)22(28)25(6)7)17-13-18(24(3,4)5)32-20(17)23(29)30/h13-16,19H,9-12H2,1-8H3,(H,29,30)/t14-,15-,16-,19+/m1/s1. The molecule has 7 nitrogen and oxygen atoms in total. The largest absolute Gasteiger partial charge is 0.477 e. The van der Waals surface area contributed by atoms with E-state index in [-0.39, 0.29) is 28.0 Å². The second-order valence-corrected chi connectivity index (χ2v) is 11.2. The van der Waals surface area contributed by atoms with Crippen molar-refractivity contribution in [2.24, 2.45) is 11.8 Å². The number of carboxylic acid groups (broad SMARTS) is 1. The van der Waals surface area contributed by atoms with Crippen molar-refractivity contribution >= 4 is 34.8 Å². The molecular formula is C24H38N2O5S. The fourth-order valence-corrected chi connectivity index (χ4v) is 5.15. The smallest absolute Gasteiger partial charge is 0.348 e. The molecule has 1 fully saturated rings. The van der Waals surface area contributed by atoms with Crippen molar-refractivity contribution in [2.75, 3.05) is 26.1 Å². The van der Waals surface area contributed by atoms with Crippen molar-refractivity contribution in [2.45, 2.75) is 77.9 Å². The van der Waals surface area contributed by atoms with E-state index in [0.717, 1.165) is 30.6 Å². The van der Waals surface area contributed by atoms with Gasteiger partial charge in [0.1, 0.15) is 10.9 Å². The third kappa shape index (κ3) is 5.70. The van der Waals surface area contributed by atoms with E-state index in [1.165, 1.54) is 28.2 Å². The lowest BCUT2D eigenvalue weighted by Gasteiger charge is -2.38. The maximum absolute atomic E-state index is 13.9. The number of thiophene rings is 1. The number of amides is 2. The minimum absolute atomic E-state index is 0.0762. The van der Waals surface area contributed by atoms with Crippen LogP contribution in [0.2, 0.25) is 0 Å². The molecule has 1 aliphatic carbocycles. The summed E-state index contributed by atoms with van der Waals surface area (Å²) in [6.45, 7) is 9.93.